The average molecular weight is 282 g/mol. The van der Waals surface area contributed by atoms with Crippen molar-refractivity contribution >= 4 is 17.7 Å². The Morgan fingerprint density at radius 3 is 2.50 bits per heavy atom. The van der Waals surface area contributed by atoms with Crippen LogP contribution in [0.2, 0.25) is 0 Å². The van der Waals surface area contributed by atoms with E-state index < -0.39 is 17.8 Å². The lowest BCUT2D eigenvalue weighted by Gasteiger charge is -2.22. The standard InChI is InChI=1S/C14H19FN2O3/c1-4-14(2,3)8-16-13(20)17-11-6-5-9(12(18)19)7-10(11)15/h5-7H,4,8H2,1-3H3,(H,18,19)(H2,16,17,20). The van der Waals surface area contributed by atoms with Gasteiger partial charge in [0.2, 0.25) is 0 Å². The highest BCUT2D eigenvalue weighted by Gasteiger charge is 2.17. The van der Waals surface area contributed by atoms with Crippen LogP contribution in [0, 0.1) is 11.2 Å². The van der Waals surface area contributed by atoms with Crippen LogP contribution >= 0.6 is 0 Å². The summed E-state index contributed by atoms with van der Waals surface area (Å²) in [6, 6.07) is 2.81. The van der Waals surface area contributed by atoms with Crippen molar-refractivity contribution in [1.82, 2.24) is 5.32 Å². The van der Waals surface area contributed by atoms with Gasteiger partial charge in [-0.1, -0.05) is 20.8 Å². The molecule has 110 valence electrons. The Bertz CT molecular complexity index is 515. The summed E-state index contributed by atoms with van der Waals surface area (Å²) in [6.45, 7) is 6.50. The maximum atomic E-state index is 13.6. The van der Waals surface area contributed by atoms with Gasteiger partial charge in [0.25, 0.3) is 0 Å². The summed E-state index contributed by atoms with van der Waals surface area (Å²) in [5.74, 6) is -2.00. The molecule has 1 rings (SSSR count). The molecule has 6 heteroatoms. The monoisotopic (exact) mass is 282 g/mol. The van der Waals surface area contributed by atoms with Gasteiger partial charge >= 0.3 is 12.0 Å². The molecule has 0 saturated carbocycles. The molecule has 0 aliphatic heterocycles. The van der Waals surface area contributed by atoms with Crippen LogP contribution in [0.5, 0.6) is 0 Å². The number of urea groups is 1. The summed E-state index contributed by atoms with van der Waals surface area (Å²) >= 11 is 0. The number of hydrogen-bond acceptors (Lipinski definition) is 2. The summed E-state index contributed by atoms with van der Waals surface area (Å²) in [6.07, 6.45) is 0.898. The van der Waals surface area contributed by atoms with E-state index in [1.807, 2.05) is 20.8 Å². The highest BCUT2D eigenvalue weighted by Crippen LogP contribution is 2.18. The number of nitrogens with one attached hydrogen (secondary N) is 2. The average Bonchev–Trinajstić information content (AvgIpc) is 2.39. The number of rotatable bonds is 5. The molecule has 0 atom stereocenters. The summed E-state index contributed by atoms with van der Waals surface area (Å²) in [5, 5.41) is 13.7. The zero-order valence-electron chi connectivity index (χ0n) is 11.8. The van der Waals surface area contributed by atoms with Crippen molar-refractivity contribution in [3.63, 3.8) is 0 Å². The smallest absolute Gasteiger partial charge is 0.335 e. The van der Waals surface area contributed by atoms with E-state index in [0.717, 1.165) is 12.5 Å². The van der Waals surface area contributed by atoms with E-state index in [4.69, 9.17) is 5.11 Å². The van der Waals surface area contributed by atoms with E-state index in [2.05, 4.69) is 10.6 Å². The highest BCUT2D eigenvalue weighted by molar-refractivity contribution is 5.91. The van der Waals surface area contributed by atoms with E-state index >= 15 is 0 Å². The van der Waals surface area contributed by atoms with Gasteiger partial charge in [-0.25, -0.2) is 14.0 Å². The minimum Gasteiger partial charge on any atom is -0.478 e. The Morgan fingerprint density at radius 1 is 1.35 bits per heavy atom. The number of benzene rings is 1. The first-order valence-corrected chi connectivity index (χ1v) is 6.33. The molecule has 0 heterocycles. The number of aromatic carboxylic acids is 1. The van der Waals surface area contributed by atoms with E-state index in [1.165, 1.54) is 12.1 Å². The Labute approximate surface area is 117 Å². The SMILES string of the molecule is CCC(C)(C)CNC(=O)Nc1ccc(C(=O)O)cc1F. The second kappa shape index (κ2) is 6.36. The molecule has 0 aliphatic carbocycles. The molecule has 1 aromatic carbocycles. The predicted molar refractivity (Wildman–Crippen MR) is 74.5 cm³/mol. The van der Waals surface area contributed by atoms with Gasteiger partial charge in [0, 0.05) is 6.54 Å². The molecule has 0 aromatic heterocycles. The largest absolute Gasteiger partial charge is 0.478 e. The fourth-order valence-corrected chi connectivity index (χ4v) is 1.36. The van der Waals surface area contributed by atoms with E-state index in [9.17, 15) is 14.0 Å². The van der Waals surface area contributed by atoms with E-state index in [1.54, 1.807) is 0 Å². The summed E-state index contributed by atoms with van der Waals surface area (Å²) in [5.41, 5.74) is -0.259. The van der Waals surface area contributed by atoms with Gasteiger partial charge < -0.3 is 15.7 Å². The zero-order chi connectivity index (χ0) is 15.3. The van der Waals surface area contributed by atoms with Crippen LogP contribution in [0.1, 0.15) is 37.6 Å². The number of halogens is 1. The molecule has 2 amide bonds. The molecule has 0 radical (unpaired) electrons. The minimum absolute atomic E-state index is 0.0386. The number of carboxylic acids is 1. The Kier molecular flexibility index (Phi) is 5.07. The number of carboxylic acid groups (broad SMARTS) is 1. The number of hydrogen-bond donors (Lipinski definition) is 3. The Morgan fingerprint density at radius 2 is 2.00 bits per heavy atom. The van der Waals surface area contributed by atoms with Gasteiger partial charge in [-0.3, -0.25) is 0 Å². The Balaban J connectivity index is 2.65. The first-order valence-electron chi connectivity index (χ1n) is 6.33. The summed E-state index contributed by atoms with van der Waals surface area (Å²) < 4.78 is 13.6. The topological polar surface area (TPSA) is 78.4 Å². The van der Waals surface area contributed by atoms with Crippen molar-refractivity contribution in [2.24, 2.45) is 5.41 Å². The third-order valence-electron chi connectivity index (χ3n) is 3.15. The number of anilines is 1. The summed E-state index contributed by atoms with van der Waals surface area (Å²) in [7, 11) is 0. The maximum absolute atomic E-state index is 13.6. The molecule has 0 saturated heterocycles. The molecule has 0 aliphatic rings. The van der Waals surface area contributed by atoms with Gasteiger partial charge in [-0.05, 0) is 30.0 Å². The Hall–Kier alpha value is -2.11. The van der Waals surface area contributed by atoms with Gasteiger partial charge in [0.15, 0.2) is 0 Å². The molecule has 20 heavy (non-hydrogen) atoms. The minimum atomic E-state index is -1.22. The van der Waals surface area contributed by atoms with Crippen LogP contribution in [0.4, 0.5) is 14.9 Å². The van der Waals surface area contributed by atoms with Crippen molar-refractivity contribution in [1.29, 1.82) is 0 Å². The third kappa shape index (κ3) is 4.53. The van der Waals surface area contributed by atoms with Gasteiger partial charge in [-0.15, -0.1) is 0 Å². The molecule has 0 unspecified atom stereocenters. The van der Waals surface area contributed by atoms with Crippen LogP contribution in [0.3, 0.4) is 0 Å². The normalized spacial score (nSPS) is 11.0. The van der Waals surface area contributed by atoms with Crippen molar-refractivity contribution in [2.75, 3.05) is 11.9 Å². The third-order valence-corrected chi connectivity index (χ3v) is 3.15. The van der Waals surface area contributed by atoms with Crippen molar-refractivity contribution in [3.8, 4) is 0 Å². The van der Waals surface area contributed by atoms with Crippen LogP contribution in [0.25, 0.3) is 0 Å². The lowest BCUT2D eigenvalue weighted by molar-refractivity contribution is 0.0696. The fourth-order valence-electron chi connectivity index (χ4n) is 1.36. The first kappa shape index (κ1) is 15.9. The number of carbonyl (C=O) groups is 2. The van der Waals surface area contributed by atoms with Gasteiger partial charge in [0.05, 0.1) is 11.3 Å². The van der Waals surface area contributed by atoms with Crippen LogP contribution in [-0.2, 0) is 0 Å². The van der Waals surface area contributed by atoms with Crippen LogP contribution < -0.4 is 10.6 Å². The molecule has 1 aromatic rings. The lowest BCUT2D eigenvalue weighted by atomic mass is 9.90. The molecular weight excluding hydrogens is 263 g/mol. The molecule has 5 nitrogen and oxygen atoms in total. The highest BCUT2D eigenvalue weighted by atomic mass is 19.1. The van der Waals surface area contributed by atoms with Crippen molar-refractivity contribution < 1.29 is 19.1 Å². The van der Waals surface area contributed by atoms with Gasteiger partial charge in [-0.2, -0.15) is 0 Å². The van der Waals surface area contributed by atoms with Crippen molar-refractivity contribution in [2.45, 2.75) is 27.2 Å². The first-order chi connectivity index (χ1) is 9.25. The lowest BCUT2D eigenvalue weighted by Crippen LogP contribution is -2.36. The predicted octanol–water partition coefficient (Wildman–Crippen LogP) is 3.08. The van der Waals surface area contributed by atoms with Crippen LogP contribution in [-0.4, -0.2) is 23.7 Å². The van der Waals surface area contributed by atoms with Gasteiger partial charge in [0.1, 0.15) is 5.82 Å². The second-order valence-corrected chi connectivity index (χ2v) is 5.33. The zero-order valence-corrected chi connectivity index (χ0v) is 11.8. The number of carbonyl (C=O) groups excluding carboxylic acids is 1. The molecule has 0 fully saturated rings. The van der Waals surface area contributed by atoms with E-state index in [-0.39, 0.29) is 16.7 Å². The quantitative estimate of drug-likeness (QED) is 0.776. The fraction of sp³-hybridized carbons (Fsp3) is 0.429. The molecule has 0 bridgehead atoms. The number of amides is 2. The van der Waals surface area contributed by atoms with Crippen molar-refractivity contribution in [3.05, 3.63) is 29.6 Å². The molecular formula is C14H19FN2O3. The maximum Gasteiger partial charge on any atom is 0.335 e. The molecule has 3 N–H and O–H groups in total. The van der Waals surface area contributed by atoms with Crippen LogP contribution in [0.15, 0.2) is 18.2 Å². The second-order valence-electron chi connectivity index (χ2n) is 5.33. The summed E-state index contributed by atoms with van der Waals surface area (Å²) in [4.78, 5) is 22.3. The van der Waals surface area contributed by atoms with E-state index in [0.29, 0.717) is 6.54 Å². The molecule has 0 spiro atoms.